The summed E-state index contributed by atoms with van der Waals surface area (Å²) in [6.45, 7) is 2.30. The summed E-state index contributed by atoms with van der Waals surface area (Å²) in [7, 11) is 0. The summed E-state index contributed by atoms with van der Waals surface area (Å²) in [6, 6.07) is 13.9. The molecule has 9 heteroatoms. The van der Waals surface area contributed by atoms with Crippen molar-refractivity contribution in [2.75, 3.05) is 0 Å². The fourth-order valence-electron chi connectivity index (χ4n) is 2.77. The Labute approximate surface area is 148 Å². The van der Waals surface area contributed by atoms with Crippen LogP contribution in [0, 0.1) is 0 Å². The van der Waals surface area contributed by atoms with Gasteiger partial charge < -0.3 is 5.32 Å². The van der Waals surface area contributed by atoms with Crippen LogP contribution in [0.3, 0.4) is 0 Å². The number of nitrogens with zero attached hydrogens (tertiary/aromatic N) is 6. The second-order valence-electron chi connectivity index (χ2n) is 5.90. The lowest BCUT2D eigenvalue weighted by atomic mass is 10.0. The summed E-state index contributed by atoms with van der Waals surface area (Å²) in [5.41, 5.74) is 1.35. The first-order chi connectivity index (χ1) is 12.7. The van der Waals surface area contributed by atoms with Crippen molar-refractivity contribution in [2.45, 2.75) is 19.5 Å². The van der Waals surface area contributed by atoms with Gasteiger partial charge in [-0.1, -0.05) is 52.9 Å². The van der Waals surface area contributed by atoms with Gasteiger partial charge >= 0.3 is 0 Å². The minimum Gasteiger partial charge on any atom is -0.341 e. The third-order valence-corrected chi connectivity index (χ3v) is 4.08. The second-order valence-corrected chi connectivity index (χ2v) is 5.90. The van der Waals surface area contributed by atoms with E-state index in [-0.39, 0.29) is 17.6 Å². The lowest BCUT2D eigenvalue weighted by Gasteiger charge is -2.07. The molecule has 1 atom stereocenters. The molecule has 0 saturated heterocycles. The number of aromatic amines is 1. The van der Waals surface area contributed by atoms with Gasteiger partial charge in [-0.15, -0.1) is 15.3 Å². The number of hydrogen-bond donors (Lipinski definition) is 2. The van der Waals surface area contributed by atoms with Crippen LogP contribution in [-0.4, -0.2) is 41.5 Å². The summed E-state index contributed by atoms with van der Waals surface area (Å²) in [5, 5.41) is 26.6. The zero-order valence-corrected chi connectivity index (χ0v) is 14.0. The third-order valence-electron chi connectivity index (χ3n) is 4.08. The van der Waals surface area contributed by atoms with Gasteiger partial charge in [0.15, 0.2) is 11.5 Å². The monoisotopic (exact) mass is 348 g/mol. The lowest BCUT2D eigenvalue weighted by molar-refractivity contribution is 0.0933. The van der Waals surface area contributed by atoms with Crippen molar-refractivity contribution in [1.82, 2.24) is 40.9 Å². The normalized spacial score (nSPS) is 12.2. The molecule has 0 unspecified atom stereocenters. The van der Waals surface area contributed by atoms with Gasteiger partial charge in [-0.05, 0) is 23.3 Å². The van der Waals surface area contributed by atoms with Crippen LogP contribution in [0.2, 0.25) is 0 Å². The van der Waals surface area contributed by atoms with Crippen molar-refractivity contribution >= 4 is 16.7 Å². The SMILES string of the molecule is C[C@@H](NC(=O)c1cn(Cc2cccc3ccccc23)nn1)c1nn[nH]n1. The maximum atomic E-state index is 12.3. The highest BCUT2D eigenvalue weighted by atomic mass is 16.2. The number of fused-ring (bicyclic) bond motifs is 1. The van der Waals surface area contributed by atoms with Crippen molar-refractivity contribution < 1.29 is 4.79 Å². The highest BCUT2D eigenvalue weighted by molar-refractivity contribution is 5.92. The molecular formula is C17H16N8O. The molecule has 2 aromatic carbocycles. The van der Waals surface area contributed by atoms with Gasteiger partial charge in [0.1, 0.15) is 0 Å². The van der Waals surface area contributed by atoms with Gasteiger partial charge in [-0.25, -0.2) is 4.68 Å². The van der Waals surface area contributed by atoms with Gasteiger partial charge in [0, 0.05) is 0 Å². The molecule has 0 fully saturated rings. The molecule has 0 aliphatic carbocycles. The molecular weight excluding hydrogens is 332 g/mol. The van der Waals surface area contributed by atoms with E-state index < -0.39 is 0 Å². The summed E-state index contributed by atoms with van der Waals surface area (Å²) >= 11 is 0. The van der Waals surface area contributed by atoms with Crippen LogP contribution in [-0.2, 0) is 6.54 Å². The number of amides is 1. The van der Waals surface area contributed by atoms with Crippen molar-refractivity contribution in [3.63, 3.8) is 0 Å². The van der Waals surface area contributed by atoms with E-state index in [1.807, 2.05) is 24.3 Å². The fraction of sp³-hybridized carbons (Fsp3) is 0.176. The van der Waals surface area contributed by atoms with Crippen LogP contribution in [0.25, 0.3) is 10.8 Å². The Hall–Kier alpha value is -3.62. The minimum atomic E-state index is -0.385. The predicted molar refractivity (Wildman–Crippen MR) is 93.1 cm³/mol. The van der Waals surface area contributed by atoms with Crippen molar-refractivity contribution in [1.29, 1.82) is 0 Å². The molecule has 0 aliphatic heterocycles. The third kappa shape index (κ3) is 3.14. The maximum absolute atomic E-state index is 12.3. The maximum Gasteiger partial charge on any atom is 0.274 e. The standard InChI is InChI=1S/C17H16N8O/c1-11(16-20-22-23-21-16)18-17(26)15-10-25(24-19-15)9-13-7-4-6-12-5-2-3-8-14(12)13/h2-8,10-11H,9H2,1H3,(H,18,26)(H,20,21,22,23)/t11-/m1/s1. The molecule has 2 heterocycles. The van der Waals surface area contributed by atoms with Crippen LogP contribution in [0.4, 0.5) is 0 Å². The van der Waals surface area contributed by atoms with E-state index in [1.54, 1.807) is 17.8 Å². The van der Waals surface area contributed by atoms with Gasteiger partial charge in [0.2, 0.25) is 0 Å². The highest BCUT2D eigenvalue weighted by Gasteiger charge is 2.17. The van der Waals surface area contributed by atoms with Crippen LogP contribution < -0.4 is 5.32 Å². The second kappa shape index (κ2) is 6.71. The molecule has 0 bridgehead atoms. The molecule has 1 amide bonds. The van der Waals surface area contributed by atoms with Gasteiger partial charge in [0.05, 0.1) is 18.8 Å². The molecule has 0 radical (unpaired) electrons. The van der Waals surface area contributed by atoms with E-state index in [4.69, 9.17) is 0 Å². The summed E-state index contributed by atoms with van der Waals surface area (Å²) in [4.78, 5) is 12.3. The first-order valence-corrected chi connectivity index (χ1v) is 8.11. The van der Waals surface area contributed by atoms with E-state index in [1.165, 1.54) is 0 Å². The quantitative estimate of drug-likeness (QED) is 0.565. The largest absolute Gasteiger partial charge is 0.341 e. The number of aromatic nitrogens is 7. The van der Waals surface area contributed by atoms with Crippen molar-refractivity contribution in [3.8, 4) is 0 Å². The topological polar surface area (TPSA) is 114 Å². The van der Waals surface area contributed by atoms with Crippen LogP contribution in [0.5, 0.6) is 0 Å². The van der Waals surface area contributed by atoms with Crippen LogP contribution >= 0.6 is 0 Å². The average Bonchev–Trinajstić information content (AvgIpc) is 3.34. The summed E-state index contributed by atoms with van der Waals surface area (Å²) < 4.78 is 1.65. The first kappa shape index (κ1) is 15.9. The first-order valence-electron chi connectivity index (χ1n) is 8.11. The molecule has 130 valence electrons. The molecule has 9 nitrogen and oxygen atoms in total. The summed E-state index contributed by atoms with van der Waals surface area (Å²) in [6.07, 6.45) is 1.63. The van der Waals surface area contributed by atoms with E-state index in [9.17, 15) is 4.79 Å². The number of carbonyl (C=O) groups excluding carboxylic acids is 1. The number of tetrazole rings is 1. The number of H-pyrrole nitrogens is 1. The Morgan fingerprint density at radius 1 is 1.19 bits per heavy atom. The smallest absolute Gasteiger partial charge is 0.274 e. The van der Waals surface area contributed by atoms with Crippen LogP contribution in [0.15, 0.2) is 48.7 Å². The van der Waals surface area contributed by atoms with Crippen molar-refractivity contribution in [3.05, 3.63) is 65.7 Å². The zero-order valence-electron chi connectivity index (χ0n) is 14.0. The van der Waals surface area contributed by atoms with Gasteiger partial charge in [-0.2, -0.15) is 5.21 Å². The number of nitrogens with one attached hydrogen (secondary N) is 2. The predicted octanol–water partition coefficient (Wildman–Crippen LogP) is 1.48. The Kier molecular flexibility index (Phi) is 4.10. The van der Waals surface area contributed by atoms with E-state index in [0.717, 1.165) is 16.3 Å². The molecule has 0 saturated carbocycles. The molecule has 0 aliphatic rings. The Morgan fingerprint density at radius 2 is 2.04 bits per heavy atom. The Bertz CT molecular complexity index is 1030. The summed E-state index contributed by atoms with van der Waals surface area (Å²) in [5.74, 6) is 0.0629. The molecule has 4 rings (SSSR count). The minimum absolute atomic E-state index is 0.237. The highest BCUT2D eigenvalue weighted by Crippen LogP contribution is 2.19. The molecule has 0 spiro atoms. The Balaban J connectivity index is 1.50. The Morgan fingerprint density at radius 3 is 2.88 bits per heavy atom. The van der Waals surface area contributed by atoms with Gasteiger partial charge in [-0.3, -0.25) is 4.79 Å². The molecule has 26 heavy (non-hydrogen) atoms. The number of hydrogen-bond acceptors (Lipinski definition) is 6. The zero-order chi connectivity index (χ0) is 17.9. The number of rotatable bonds is 5. The average molecular weight is 348 g/mol. The number of carbonyl (C=O) groups is 1. The molecule has 4 aromatic rings. The van der Waals surface area contributed by atoms with Crippen molar-refractivity contribution in [2.24, 2.45) is 0 Å². The van der Waals surface area contributed by atoms with Gasteiger partial charge in [0.25, 0.3) is 5.91 Å². The van der Waals surface area contributed by atoms with Crippen LogP contribution in [0.1, 0.15) is 34.8 Å². The number of benzene rings is 2. The van der Waals surface area contributed by atoms with E-state index >= 15 is 0 Å². The fourth-order valence-corrected chi connectivity index (χ4v) is 2.77. The lowest BCUT2D eigenvalue weighted by Crippen LogP contribution is -2.27. The molecule has 2 aromatic heterocycles. The van der Waals surface area contributed by atoms with E-state index in [2.05, 4.69) is 54.5 Å². The van der Waals surface area contributed by atoms with E-state index in [0.29, 0.717) is 12.4 Å². The molecule has 2 N–H and O–H groups in total.